The second-order valence-corrected chi connectivity index (χ2v) is 5.63. The van der Waals surface area contributed by atoms with Crippen LogP contribution < -0.4 is 4.74 Å². The van der Waals surface area contributed by atoms with Crippen LogP contribution in [-0.4, -0.2) is 32.3 Å². The maximum Gasteiger partial charge on any atom is 0.323 e. The number of rotatable bonds is 10. The van der Waals surface area contributed by atoms with Gasteiger partial charge in [0.1, 0.15) is 12.4 Å². The molecule has 0 atom stereocenters. The highest BCUT2D eigenvalue weighted by molar-refractivity contribution is 5.99. The lowest BCUT2D eigenvalue weighted by Gasteiger charge is -2.25. The molecule has 0 aliphatic carbocycles. The predicted octanol–water partition coefficient (Wildman–Crippen LogP) is 3.25. The van der Waals surface area contributed by atoms with Gasteiger partial charge in [-0.05, 0) is 38.5 Å². The van der Waals surface area contributed by atoms with Crippen LogP contribution in [0.3, 0.4) is 0 Å². The number of carbonyl (C=O) groups excluding carboxylic acids is 2. The molecule has 6 heteroatoms. The van der Waals surface area contributed by atoms with Crippen LogP contribution >= 0.6 is 0 Å². The summed E-state index contributed by atoms with van der Waals surface area (Å²) in [4.78, 5) is 24.5. The van der Waals surface area contributed by atoms with E-state index in [0.29, 0.717) is 5.76 Å². The highest BCUT2D eigenvalue weighted by atomic mass is 16.6. The summed E-state index contributed by atoms with van der Waals surface area (Å²) < 4.78 is 20.7. The van der Waals surface area contributed by atoms with Crippen molar-refractivity contribution in [3.63, 3.8) is 0 Å². The van der Waals surface area contributed by atoms with Crippen LogP contribution in [0.15, 0.2) is 36.6 Å². The van der Waals surface area contributed by atoms with Gasteiger partial charge in [-0.25, -0.2) is 0 Å². The summed E-state index contributed by atoms with van der Waals surface area (Å²) in [5, 5.41) is 0. The molecular formula is C19H26O6. The topological polar surface area (TPSA) is 71.1 Å². The van der Waals surface area contributed by atoms with Gasteiger partial charge < -0.3 is 18.9 Å². The molecular weight excluding hydrogens is 324 g/mol. The average molecular weight is 350 g/mol. The minimum absolute atomic E-state index is 0.0131. The van der Waals surface area contributed by atoms with E-state index in [2.05, 4.69) is 6.58 Å². The molecule has 0 aliphatic rings. The molecule has 6 nitrogen and oxygen atoms in total. The summed E-state index contributed by atoms with van der Waals surface area (Å²) in [5.74, 6) is -0.246. The summed E-state index contributed by atoms with van der Waals surface area (Å²) >= 11 is 0. The Bertz CT molecular complexity index is 572. The number of benzene rings is 1. The molecule has 138 valence electrons. The van der Waals surface area contributed by atoms with Gasteiger partial charge >= 0.3 is 11.9 Å². The smallest absolute Gasteiger partial charge is 0.323 e. The van der Waals surface area contributed by atoms with Crippen molar-refractivity contribution in [1.82, 2.24) is 0 Å². The highest BCUT2D eigenvalue weighted by Crippen LogP contribution is 2.30. The molecule has 0 aromatic heterocycles. The van der Waals surface area contributed by atoms with E-state index in [1.54, 1.807) is 21.0 Å². The highest BCUT2D eigenvalue weighted by Gasteiger charge is 2.45. The number of esters is 2. The molecule has 0 saturated heterocycles. The fourth-order valence-corrected chi connectivity index (χ4v) is 2.16. The van der Waals surface area contributed by atoms with Gasteiger partial charge in [-0.2, -0.15) is 0 Å². The van der Waals surface area contributed by atoms with Gasteiger partial charge in [0.05, 0.1) is 26.1 Å². The summed E-state index contributed by atoms with van der Waals surface area (Å²) in [6.45, 7) is 9.26. The van der Waals surface area contributed by atoms with Crippen molar-refractivity contribution < 1.29 is 28.5 Å². The fourth-order valence-electron chi connectivity index (χ4n) is 2.16. The Labute approximate surface area is 148 Å². The Hall–Kier alpha value is -2.50. The molecule has 1 aromatic carbocycles. The van der Waals surface area contributed by atoms with Crippen molar-refractivity contribution in [2.24, 2.45) is 5.41 Å². The fraction of sp³-hybridized carbons (Fsp3) is 0.474. The van der Waals surface area contributed by atoms with Crippen molar-refractivity contribution >= 4 is 11.9 Å². The lowest BCUT2D eigenvalue weighted by Crippen LogP contribution is -2.40. The normalized spacial score (nSPS) is 10.7. The van der Waals surface area contributed by atoms with E-state index in [0.717, 1.165) is 11.3 Å². The van der Waals surface area contributed by atoms with E-state index in [1.807, 2.05) is 24.3 Å². The van der Waals surface area contributed by atoms with E-state index >= 15 is 0 Å². The van der Waals surface area contributed by atoms with Crippen molar-refractivity contribution in [2.75, 3.05) is 20.3 Å². The first-order chi connectivity index (χ1) is 11.9. The minimum Gasteiger partial charge on any atom is -0.497 e. The lowest BCUT2D eigenvalue weighted by atomic mass is 9.86. The van der Waals surface area contributed by atoms with Gasteiger partial charge in [-0.3, -0.25) is 9.59 Å². The number of hydrogen-bond donors (Lipinski definition) is 0. The maximum absolute atomic E-state index is 12.2. The van der Waals surface area contributed by atoms with Crippen molar-refractivity contribution in [1.29, 1.82) is 0 Å². The van der Waals surface area contributed by atoms with Gasteiger partial charge in [-0.1, -0.05) is 18.7 Å². The Balaban J connectivity index is 2.73. The molecule has 25 heavy (non-hydrogen) atoms. The Morgan fingerprint density at radius 2 is 1.52 bits per heavy atom. The Kier molecular flexibility index (Phi) is 7.98. The van der Waals surface area contributed by atoms with E-state index in [-0.39, 0.29) is 26.2 Å². The first kappa shape index (κ1) is 20.5. The monoisotopic (exact) mass is 350 g/mol. The van der Waals surface area contributed by atoms with Crippen LogP contribution in [0.25, 0.3) is 0 Å². The molecule has 0 saturated carbocycles. The van der Waals surface area contributed by atoms with Gasteiger partial charge in [0.15, 0.2) is 5.41 Å². The van der Waals surface area contributed by atoms with Crippen molar-refractivity contribution in [3.8, 4) is 5.75 Å². The van der Waals surface area contributed by atoms with Crippen LogP contribution in [-0.2, 0) is 30.4 Å². The van der Waals surface area contributed by atoms with Crippen molar-refractivity contribution in [3.05, 3.63) is 42.2 Å². The van der Waals surface area contributed by atoms with Crippen LogP contribution in [0.4, 0.5) is 0 Å². The zero-order valence-corrected chi connectivity index (χ0v) is 15.3. The van der Waals surface area contributed by atoms with Crippen LogP contribution in [0.5, 0.6) is 5.75 Å². The van der Waals surface area contributed by atoms with E-state index in [9.17, 15) is 9.59 Å². The largest absolute Gasteiger partial charge is 0.497 e. The number of carbonyl (C=O) groups is 2. The molecule has 0 N–H and O–H groups in total. The molecule has 0 radical (unpaired) electrons. The molecule has 0 bridgehead atoms. The second kappa shape index (κ2) is 9.71. The second-order valence-electron chi connectivity index (χ2n) is 5.63. The third-order valence-corrected chi connectivity index (χ3v) is 3.60. The average Bonchev–Trinajstić information content (AvgIpc) is 2.60. The lowest BCUT2D eigenvalue weighted by molar-refractivity contribution is -0.171. The molecule has 0 heterocycles. The summed E-state index contributed by atoms with van der Waals surface area (Å²) in [6, 6.07) is 7.37. The summed E-state index contributed by atoms with van der Waals surface area (Å²) in [5.41, 5.74) is -0.570. The third-order valence-electron chi connectivity index (χ3n) is 3.60. The molecule has 1 aromatic rings. The first-order valence-electron chi connectivity index (χ1n) is 8.15. The molecule has 0 aliphatic heterocycles. The number of allylic oxidation sites excluding steroid dienone is 1. The molecule has 0 spiro atoms. The van der Waals surface area contributed by atoms with E-state index in [1.165, 1.54) is 6.92 Å². The van der Waals surface area contributed by atoms with Crippen molar-refractivity contribution in [2.45, 2.75) is 33.8 Å². The number of ether oxygens (including phenoxy) is 4. The zero-order chi connectivity index (χ0) is 18.9. The Morgan fingerprint density at radius 1 is 1.00 bits per heavy atom. The van der Waals surface area contributed by atoms with Gasteiger partial charge in [0.2, 0.25) is 0 Å². The predicted molar refractivity (Wildman–Crippen MR) is 92.9 cm³/mol. The molecule has 0 unspecified atom stereocenters. The number of hydrogen-bond acceptors (Lipinski definition) is 6. The molecule has 0 fully saturated rings. The van der Waals surface area contributed by atoms with Gasteiger partial charge in [-0.15, -0.1) is 0 Å². The van der Waals surface area contributed by atoms with Crippen LogP contribution in [0, 0.1) is 5.41 Å². The standard InChI is InChI=1S/C19H26O6/c1-6-23-17(20)19(4,18(21)24-7-2)12-14(3)25-13-15-8-10-16(22-5)11-9-15/h8-11H,3,6-7,12-13H2,1-2,4-5H3. The molecule has 1 rings (SSSR count). The Morgan fingerprint density at radius 3 is 1.96 bits per heavy atom. The van der Waals surface area contributed by atoms with E-state index < -0.39 is 17.4 Å². The number of methoxy groups -OCH3 is 1. The van der Waals surface area contributed by atoms with Gasteiger partial charge in [0, 0.05) is 6.42 Å². The minimum atomic E-state index is -1.48. The van der Waals surface area contributed by atoms with E-state index in [4.69, 9.17) is 18.9 Å². The summed E-state index contributed by atoms with van der Waals surface area (Å²) in [7, 11) is 1.60. The third kappa shape index (κ3) is 5.81. The first-order valence-corrected chi connectivity index (χ1v) is 8.15. The molecule has 0 amide bonds. The maximum atomic E-state index is 12.2. The quantitative estimate of drug-likeness (QED) is 0.366. The summed E-state index contributed by atoms with van der Waals surface area (Å²) in [6.07, 6.45) is -0.0131. The SMILES string of the molecule is C=C(CC(C)(C(=O)OCC)C(=O)OCC)OCc1ccc(OC)cc1. The zero-order valence-electron chi connectivity index (χ0n) is 15.3. The van der Waals surface area contributed by atoms with Crippen LogP contribution in [0.1, 0.15) is 32.8 Å². The van der Waals surface area contributed by atoms with Gasteiger partial charge in [0.25, 0.3) is 0 Å². The van der Waals surface area contributed by atoms with Crippen LogP contribution in [0.2, 0.25) is 0 Å².